The molecule has 0 saturated heterocycles. The summed E-state index contributed by atoms with van der Waals surface area (Å²) in [4.78, 5) is 0. The Morgan fingerprint density at radius 3 is 2.13 bits per heavy atom. The van der Waals surface area contributed by atoms with E-state index in [2.05, 4.69) is 12.1 Å². The molecule has 0 fully saturated rings. The van der Waals surface area contributed by atoms with E-state index in [1.807, 2.05) is 43.3 Å². The van der Waals surface area contributed by atoms with E-state index >= 15 is 0 Å². The quantitative estimate of drug-likeness (QED) is 0.431. The molecule has 0 aliphatic carbocycles. The summed E-state index contributed by atoms with van der Waals surface area (Å²) in [5.74, 6) is 1.20. The third-order valence-electron chi connectivity index (χ3n) is 5.83. The van der Waals surface area contributed by atoms with Crippen molar-refractivity contribution in [1.29, 1.82) is 0 Å². The minimum absolute atomic E-state index is 0.00748. The Morgan fingerprint density at radius 1 is 0.871 bits per heavy atom. The molecular formula is C27H31FO3. The van der Waals surface area contributed by atoms with Crippen LogP contribution < -0.4 is 9.47 Å². The van der Waals surface area contributed by atoms with Crippen LogP contribution in [-0.4, -0.2) is 19.3 Å². The summed E-state index contributed by atoms with van der Waals surface area (Å²) in [6.45, 7) is 1.94. The lowest BCUT2D eigenvalue weighted by Gasteiger charge is -2.25. The van der Waals surface area contributed by atoms with Crippen molar-refractivity contribution in [3.05, 3.63) is 94.8 Å². The first-order valence-electron chi connectivity index (χ1n) is 10.7. The Morgan fingerprint density at radius 2 is 1.52 bits per heavy atom. The average molecular weight is 423 g/mol. The van der Waals surface area contributed by atoms with Crippen LogP contribution in [0.1, 0.15) is 41.2 Å². The normalized spacial score (nSPS) is 12.9. The van der Waals surface area contributed by atoms with Crippen molar-refractivity contribution in [2.24, 2.45) is 5.92 Å². The largest absolute Gasteiger partial charge is 0.496 e. The van der Waals surface area contributed by atoms with E-state index < -0.39 is 6.10 Å². The third kappa shape index (κ3) is 6.08. The average Bonchev–Trinajstić information content (AvgIpc) is 2.79. The molecule has 2 atom stereocenters. The van der Waals surface area contributed by atoms with Crippen LogP contribution >= 0.6 is 0 Å². The minimum Gasteiger partial charge on any atom is -0.496 e. The summed E-state index contributed by atoms with van der Waals surface area (Å²) in [7, 11) is 3.25. The van der Waals surface area contributed by atoms with Crippen molar-refractivity contribution in [2.45, 2.75) is 38.7 Å². The maximum Gasteiger partial charge on any atom is 0.125 e. The van der Waals surface area contributed by atoms with Gasteiger partial charge >= 0.3 is 0 Å². The number of halogens is 1. The molecule has 0 heterocycles. The Balaban J connectivity index is 1.81. The molecule has 3 aromatic carbocycles. The Kier molecular flexibility index (Phi) is 8.07. The molecule has 0 amide bonds. The number of hydrogen-bond acceptors (Lipinski definition) is 3. The highest BCUT2D eigenvalue weighted by molar-refractivity contribution is 5.48. The van der Waals surface area contributed by atoms with Crippen LogP contribution in [0.15, 0.2) is 66.7 Å². The number of ether oxygens (including phenoxy) is 2. The Hall–Kier alpha value is -2.85. The molecule has 164 valence electrons. The molecule has 3 rings (SSSR count). The van der Waals surface area contributed by atoms with E-state index in [0.717, 1.165) is 42.4 Å². The fraction of sp³-hybridized carbons (Fsp3) is 0.333. The highest BCUT2D eigenvalue weighted by Crippen LogP contribution is 2.36. The van der Waals surface area contributed by atoms with E-state index in [0.29, 0.717) is 11.5 Å². The maximum absolute atomic E-state index is 13.5. The molecule has 0 spiro atoms. The number of aryl methyl sites for hydroxylation is 1. The van der Waals surface area contributed by atoms with Crippen molar-refractivity contribution in [3.63, 3.8) is 0 Å². The molecule has 3 aromatic rings. The number of aliphatic hydroxyl groups is 1. The van der Waals surface area contributed by atoms with Gasteiger partial charge in [0.25, 0.3) is 0 Å². The van der Waals surface area contributed by atoms with E-state index in [1.54, 1.807) is 26.4 Å². The Bertz CT molecular complexity index is 946. The zero-order valence-electron chi connectivity index (χ0n) is 18.5. The maximum atomic E-state index is 13.5. The van der Waals surface area contributed by atoms with Crippen LogP contribution in [0.2, 0.25) is 0 Å². The van der Waals surface area contributed by atoms with Gasteiger partial charge in [0.15, 0.2) is 0 Å². The lowest BCUT2D eigenvalue weighted by molar-refractivity contribution is 0.101. The van der Waals surface area contributed by atoms with Gasteiger partial charge in [-0.1, -0.05) is 42.5 Å². The van der Waals surface area contributed by atoms with Crippen molar-refractivity contribution >= 4 is 0 Å². The second kappa shape index (κ2) is 11.0. The fourth-order valence-electron chi connectivity index (χ4n) is 4.10. The van der Waals surface area contributed by atoms with Crippen LogP contribution in [0.25, 0.3) is 0 Å². The molecule has 3 nitrogen and oxygen atoms in total. The second-order valence-corrected chi connectivity index (χ2v) is 7.97. The molecule has 1 unspecified atom stereocenters. The summed E-state index contributed by atoms with van der Waals surface area (Å²) in [6.07, 6.45) is 2.53. The van der Waals surface area contributed by atoms with Crippen LogP contribution in [0.3, 0.4) is 0 Å². The van der Waals surface area contributed by atoms with E-state index in [4.69, 9.17) is 9.47 Å². The van der Waals surface area contributed by atoms with E-state index in [-0.39, 0.29) is 11.7 Å². The van der Waals surface area contributed by atoms with Gasteiger partial charge in [0.1, 0.15) is 17.3 Å². The zero-order chi connectivity index (χ0) is 22.2. The molecule has 4 heteroatoms. The summed E-state index contributed by atoms with van der Waals surface area (Å²) < 4.78 is 24.5. The lowest BCUT2D eigenvalue weighted by atomic mass is 9.85. The highest BCUT2D eigenvalue weighted by Gasteiger charge is 2.23. The van der Waals surface area contributed by atoms with Gasteiger partial charge in [-0.05, 0) is 79.5 Å². The predicted octanol–water partition coefficient (Wildman–Crippen LogP) is 6.07. The van der Waals surface area contributed by atoms with Gasteiger partial charge in [0.05, 0.1) is 20.3 Å². The number of rotatable bonds is 10. The summed E-state index contributed by atoms with van der Waals surface area (Å²) in [6, 6.07) is 20.7. The standard InChI is InChI=1S/C27H31FO3/c1-19-25(30-2)17-23(18-26(19)31-3)27(29)22(15-20-9-5-4-6-10-20)13-7-11-21-12-8-14-24(28)16-21/h4-6,8-10,12,14,16-18,22,27,29H,7,11,13,15H2,1-3H3/t22-,27?/m1/s1. The first-order chi connectivity index (χ1) is 15.0. The molecular weight excluding hydrogens is 391 g/mol. The second-order valence-electron chi connectivity index (χ2n) is 7.97. The summed E-state index contributed by atoms with van der Waals surface area (Å²) in [5, 5.41) is 11.3. The molecule has 0 aromatic heterocycles. The lowest BCUT2D eigenvalue weighted by Crippen LogP contribution is -2.16. The van der Waals surface area contributed by atoms with Gasteiger partial charge in [-0.2, -0.15) is 0 Å². The molecule has 0 radical (unpaired) electrons. The molecule has 0 saturated carbocycles. The van der Waals surface area contributed by atoms with Crippen molar-refractivity contribution in [2.75, 3.05) is 14.2 Å². The number of benzene rings is 3. The van der Waals surface area contributed by atoms with Gasteiger partial charge in [-0.15, -0.1) is 0 Å². The Labute approximate surface area is 184 Å². The van der Waals surface area contributed by atoms with Crippen LogP contribution in [0, 0.1) is 18.7 Å². The molecule has 31 heavy (non-hydrogen) atoms. The van der Waals surface area contributed by atoms with Crippen molar-refractivity contribution in [1.82, 2.24) is 0 Å². The topological polar surface area (TPSA) is 38.7 Å². The molecule has 0 bridgehead atoms. The van der Waals surface area contributed by atoms with Gasteiger partial charge in [0, 0.05) is 5.56 Å². The number of hydrogen-bond donors (Lipinski definition) is 1. The highest BCUT2D eigenvalue weighted by atomic mass is 19.1. The molecule has 0 aliphatic heterocycles. The fourth-order valence-corrected chi connectivity index (χ4v) is 4.10. The predicted molar refractivity (Wildman–Crippen MR) is 122 cm³/mol. The van der Waals surface area contributed by atoms with Gasteiger partial charge in [-0.25, -0.2) is 4.39 Å². The van der Waals surface area contributed by atoms with Gasteiger partial charge in [0.2, 0.25) is 0 Å². The van der Waals surface area contributed by atoms with Gasteiger partial charge in [-0.3, -0.25) is 0 Å². The van der Waals surface area contributed by atoms with Gasteiger partial charge < -0.3 is 14.6 Å². The zero-order valence-corrected chi connectivity index (χ0v) is 18.5. The van der Waals surface area contributed by atoms with Crippen molar-refractivity contribution in [3.8, 4) is 11.5 Å². The monoisotopic (exact) mass is 422 g/mol. The van der Waals surface area contributed by atoms with E-state index in [9.17, 15) is 9.50 Å². The SMILES string of the molecule is COc1cc(C(O)[C@H](CCCc2cccc(F)c2)Cc2ccccc2)cc(OC)c1C. The number of methoxy groups -OCH3 is 2. The first kappa shape index (κ1) is 22.8. The van der Waals surface area contributed by atoms with Crippen LogP contribution in [-0.2, 0) is 12.8 Å². The van der Waals surface area contributed by atoms with E-state index in [1.165, 1.54) is 11.6 Å². The molecule has 0 aliphatic rings. The minimum atomic E-state index is -0.670. The summed E-state index contributed by atoms with van der Waals surface area (Å²) >= 11 is 0. The number of aliphatic hydroxyl groups excluding tert-OH is 1. The smallest absolute Gasteiger partial charge is 0.125 e. The third-order valence-corrected chi connectivity index (χ3v) is 5.83. The van der Waals surface area contributed by atoms with Crippen LogP contribution in [0.4, 0.5) is 4.39 Å². The molecule has 1 N–H and O–H groups in total. The first-order valence-corrected chi connectivity index (χ1v) is 10.7. The van der Waals surface area contributed by atoms with Crippen LogP contribution in [0.5, 0.6) is 11.5 Å². The van der Waals surface area contributed by atoms with Crippen molar-refractivity contribution < 1.29 is 19.0 Å². The summed E-state index contributed by atoms with van der Waals surface area (Å²) in [5.41, 5.74) is 3.85.